The lowest BCUT2D eigenvalue weighted by Crippen LogP contribution is -2.41. The quantitative estimate of drug-likeness (QED) is 0.229. The molecule has 176 valence electrons. The van der Waals surface area contributed by atoms with Crippen LogP contribution in [0.4, 0.5) is 18.9 Å². The summed E-state index contributed by atoms with van der Waals surface area (Å²) in [6.07, 6.45) is 0. The number of nitrogens with zero attached hydrogens (tertiary/aromatic N) is 1. The summed E-state index contributed by atoms with van der Waals surface area (Å²) in [5.74, 6) is -0.458. The van der Waals surface area contributed by atoms with Crippen LogP contribution in [-0.2, 0) is 11.3 Å². The minimum atomic E-state index is -3.01. The molecule has 2 aromatic rings. The number of nitrogens with one attached hydrogen (secondary N) is 3. The topological polar surface area (TPSA) is 84.0 Å². The summed E-state index contributed by atoms with van der Waals surface area (Å²) < 4.78 is 48.9. The molecule has 0 atom stereocenters. The van der Waals surface area contributed by atoms with E-state index in [-0.39, 0.29) is 55.2 Å². The Morgan fingerprint density at radius 3 is 2.53 bits per heavy atom. The van der Waals surface area contributed by atoms with E-state index in [0.29, 0.717) is 23.8 Å². The number of rotatable bonds is 10. The summed E-state index contributed by atoms with van der Waals surface area (Å²) in [6.45, 7) is 1.23. The van der Waals surface area contributed by atoms with E-state index in [1.165, 1.54) is 24.3 Å². The van der Waals surface area contributed by atoms with Gasteiger partial charge in [0.05, 0.1) is 19.7 Å². The fourth-order valence-corrected chi connectivity index (χ4v) is 2.62. The predicted molar refractivity (Wildman–Crippen MR) is 128 cm³/mol. The Labute approximate surface area is 201 Å². The third kappa shape index (κ3) is 9.20. The Kier molecular flexibility index (Phi) is 12.3. The molecular weight excluding hydrogens is 540 g/mol. The van der Waals surface area contributed by atoms with Gasteiger partial charge in [-0.05, 0) is 38.1 Å². The lowest BCUT2D eigenvalue weighted by Gasteiger charge is -2.15. The van der Waals surface area contributed by atoms with E-state index >= 15 is 0 Å². The first kappa shape index (κ1) is 27.3. The molecule has 0 spiro atoms. The van der Waals surface area contributed by atoms with E-state index in [2.05, 4.69) is 25.7 Å². The average molecular weight is 566 g/mol. The first-order valence-corrected chi connectivity index (χ1v) is 9.70. The zero-order valence-corrected chi connectivity index (χ0v) is 20.0. The van der Waals surface area contributed by atoms with E-state index in [1.807, 2.05) is 6.92 Å². The normalized spacial score (nSPS) is 10.9. The van der Waals surface area contributed by atoms with Crippen molar-refractivity contribution in [2.45, 2.75) is 27.0 Å². The molecule has 2 aromatic carbocycles. The summed E-state index contributed by atoms with van der Waals surface area (Å²) in [7, 11) is 0. The van der Waals surface area contributed by atoms with Crippen molar-refractivity contribution in [1.29, 1.82) is 0 Å². The molecule has 0 heterocycles. The molecule has 0 radical (unpaired) electrons. The van der Waals surface area contributed by atoms with Gasteiger partial charge in [-0.25, -0.2) is 9.38 Å². The number of amides is 1. The van der Waals surface area contributed by atoms with Gasteiger partial charge >= 0.3 is 6.61 Å². The SMILES string of the molecule is CCNC(=NCc1cccc(OCC)c1OC(F)F)NCC(=O)Nc1cccc(F)c1.I. The monoisotopic (exact) mass is 566 g/mol. The number of carbonyl (C=O) groups is 1. The fourth-order valence-electron chi connectivity index (χ4n) is 2.62. The molecule has 32 heavy (non-hydrogen) atoms. The molecule has 0 fully saturated rings. The van der Waals surface area contributed by atoms with Crippen LogP contribution in [0.5, 0.6) is 11.5 Å². The van der Waals surface area contributed by atoms with Gasteiger partial charge in [0.25, 0.3) is 0 Å². The number of carbonyl (C=O) groups excluding carboxylic acids is 1. The summed E-state index contributed by atoms with van der Waals surface area (Å²) in [4.78, 5) is 16.4. The molecule has 11 heteroatoms. The molecule has 0 aliphatic rings. The number of halogens is 4. The molecule has 0 aliphatic carbocycles. The maximum Gasteiger partial charge on any atom is 0.387 e. The van der Waals surface area contributed by atoms with Crippen LogP contribution in [0.1, 0.15) is 19.4 Å². The minimum Gasteiger partial charge on any atom is -0.490 e. The van der Waals surface area contributed by atoms with E-state index in [1.54, 1.807) is 25.1 Å². The van der Waals surface area contributed by atoms with Crippen LogP contribution >= 0.6 is 24.0 Å². The van der Waals surface area contributed by atoms with Crippen molar-refractivity contribution in [3.8, 4) is 11.5 Å². The Balaban J connectivity index is 0.00000512. The smallest absolute Gasteiger partial charge is 0.387 e. The number of benzene rings is 2. The van der Waals surface area contributed by atoms with Gasteiger partial charge in [0.1, 0.15) is 5.82 Å². The maximum absolute atomic E-state index is 13.2. The fraction of sp³-hybridized carbons (Fsp3) is 0.333. The molecule has 1 amide bonds. The number of anilines is 1. The van der Waals surface area contributed by atoms with Crippen LogP contribution in [0.3, 0.4) is 0 Å². The highest BCUT2D eigenvalue weighted by Crippen LogP contribution is 2.33. The molecular formula is C21H26F3IN4O3. The number of hydrogen-bond donors (Lipinski definition) is 3. The summed E-state index contributed by atoms with van der Waals surface area (Å²) in [5.41, 5.74) is 0.725. The number of aliphatic imine (C=N–C) groups is 1. The van der Waals surface area contributed by atoms with Crippen molar-refractivity contribution in [3.05, 3.63) is 53.8 Å². The highest BCUT2D eigenvalue weighted by atomic mass is 127. The lowest BCUT2D eigenvalue weighted by molar-refractivity contribution is -0.115. The van der Waals surface area contributed by atoms with Crippen LogP contribution in [0, 0.1) is 5.82 Å². The van der Waals surface area contributed by atoms with E-state index < -0.39 is 18.3 Å². The average Bonchev–Trinajstić information content (AvgIpc) is 2.72. The minimum absolute atomic E-state index is 0. The third-order valence-corrected chi connectivity index (χ3v) is 3.84. The molecule has 0 bridgehead atoms. The van der Waals surface area contributed by atoms with Crippen molar-refractivity contribution < 1.29 is 27.4 Å². The maximum atomic E-state index is 13.2. The second kappa shape index (κ2) is 14.4. The second-order valence-corrected chi connectivity index (χ2v) is 6.16. The van der Waals surface area contributed by atoms with E-state index in [9.17, 15) is 18.0 Å². The lowest BCUT2D eigenvalue weighted by atomic mass is 10.2. The van der Waals surface area contributed by atoms with Gasteiger partial charge in [0, 0.05) is 17.8 Å². The molecule has 0 saturated heterocycles. The van der Waals surface area contributed by atoms with Gasteiger partial charge in [-0.1, -0.05) is 18.2 Å². The Hall–Kier alpha value is -2.70. The second-order valence-electron chi connectivity index (χ2n) is 6.16. The van der Waals surface area contributed by atoms with Crippen LogP contribution < -0.4 is 25.4 Å². The molecule has 3 N–H and O–H groups in total. The van der Waals surface area contributed by atoms with E-state index in [4.69, 9.17) is 4.74 Å². The molecule has 0 aromatic heterocycles. The van der Waals surface area contributed by atoms with Gasteiger partial charge in [0.15, 0.2) is 17.5 Å². The number of hydrogen-bond acceptors (Lipinski definition) is 4. The highest BCUT2D eigenvalue weighted by molar-refractivity contribution is 14.0. The molecule has 2 rings (SSSR count). The number of guanidine groups is 1. The van der Waals surface area contributed by atoms with Crippen molar-refractivity contribution in [3.63, 3.8) is 0 Å². The highest BCUT2D eigenvalue weighted by Gasteiger charge is 2.16. The number of alkyl halides is 2. The summed E-state index contributed by atoms with van der Waals surface area (Å²) >= 11 is 0. The molecule has 0 aliphatic heterocycles. The molecule has 0 saturated carbocycles. The van der Waals surface area contributed by atoms with Gasteiger partial charge in [0.2, 0.25) is 5.91 Å². The van der Waals surface area contributed by atoms with Crippen molar-refractivity contribution >= 4 is 41.5 Å². The molecule has 0 unspecified atom stereocenters. The van der Waals surface area contributed by atoms with Crippen LogP contribution in [-0.4, -0.2) is 38.2 Å². The molecule has 7 nitrogen and oxygen atoms in total. The Bertz CT molecular complexity index is 900. The first-order valence-electron chi connectivity index (χ1n) is 9.70. The number of ether oxygens (including phenoxy) is 2. The Morgan fingerprint density at radius 1 is 1.12 bits per heavy atom. The van der Waals surface area contributed by atoms with Gasteiger partial charge in [-0.2, -0.15) is 8.78 Å². The third-order valence-electron chi connectivity index (χ3n) is 3.84. The van der Waals surface area contributed by atoms with Crippen LogP contribution in [0.25, 0.3) is 0 Å². The summed E-state index contributed by atoms with van der Waals surface area (Å²) in [5, 5.41) is 8.36. The van der Waals surface area contributed by atoms with Crippen LogP contribution in [0.2, 0.25) is 0 Å². The van der Waals surface area contributed by atoms with Crippen molar-refractivity contribution in [1.82, 2.24) is 10.6 Å². The number of para-hydroxylation sites is 1. The van der Waals surface area contributed by atoms with Gasteiger partial charge < -0.3 is 25.4 Å². The van der Waals surface area contributed by atoms with E-state index in [0.717, 1.165) is 0 Å². The predicted octanol–water partition coefficient (Wildman–Crippen LogP) is 4.14. The first-order chi connectivity index (χ1) is 14.9. The van der Waals surface area contributed by atoms with Crippen LogP contribution in [0.15, 0.2) is 47.5 Å². The largest absolute Gasteiger partial charge is 0.490 e. The van der Waals surface area contributed by atoms with Gasteiger partial charge in [-0.15, -0.1) is 24.0 Å². The zero-order valence-electron chi connectivity index (χ0n) is 17.7. The van der Waals surface area contributed by atoms with Gasteiger partial charge in [-0.3, -0.25) is 4.79 Å². The van der Waals surface area contributed by atoms with Crippen molar-refractivity contribution in [2.75, 3.05) is 25.0 Å². The Morgan fingerprint density at radius 2 is 1.88 bits per heavy atom. The zero-order chi connectivity index (χ0) is 22.6. The summed E-state index contributed by atoms with van der Waals surface area (Å²) in [6, 6.07) is 10.3. The van der Waals surface area contributed by atoms with Crippen molar-refractivity contribution in [2.24, 2.45) is 4.99 Å². The standard InChI is InChI=1S/C21H25F3N4O3.HI/c1-3-25-21(27-13-18(29)28-16-9-6-8-15(22)11-16)26-12-14-7-5-10-17(30-4-2)19(14)31-20(23)24;/h5-11,20H,3-4,12-13H2,1-2H3,(H,28,29)(H2,25,26,27);1H.